The van der Waals surface area contributed by atoms with Gasteiger partial charge in [-0.2, -0.15) is 0 Å². The van der Waals surface area contributed by atoms with Crippen LogP contribution in [0.4, 0.5) is 0 Å². The molecule has 0 N–H and O–H groups in total. The Morgan fingerprint density at radius 1 is 0.944 bits per heavy atom. The lowest BCUT2D eigenvalue weighted by atomic mass is 10.1. The Labute approximate surface area is 114 Å². The molecule has 1 unspecified atom stereocenters. The van der Waals surface area contributed by atoms with Crippen LogP contribution in [0.2, 0.25) is 12.1 Å². The van der Waals surface area contributed by atoms with Gasteiger partial charge in [0.25, 0.3) is 0 Å². The van der Waals surface area contributed by atoms with E-state index in [9.17, 15) is 0 Å². The van der Waals surface area contributed by atoms with Gasteiger partial charge in [-0.1, -0.05) is 38.5 Å². The van der Waals surface area contributed by atoms with Gasteiger partial charge in [0, 0.05) is 18.8 Å². The van der Waals surface area contributed by atoms with Gasteiger partial charge in [0.1, 0.15) is 0 Å². The van der Waals surface area contributed by atoms with E-state index in [-0.39, 0.29) is 0 Å². The van der Waals surface area contributed by atoms with Crippen LogP contribution in [0.1, 0.15) is 64.7 Å². The van der Waals surface area contributed by atoms with Crippen LogP contribution in [-0.4, -0.2) is 21.8 Å². The second-order valence-corrected chi connectivity index (χ2v) is 9.64. The van der Waals surface area contributed by atoms with E-state index in [4.69, 9.17) is 8.85 Å². The fourth-order valence-corrected chi connectivity index (χ4v) is 6.85. The summed E-state index contributed by atoms with van der Waals surface area (Å²) in [6, 6.07) is 0. The fourth-order valence-electron chi connectivity index (χ4n) is 3.74. The largest absolute Gasteiger partial charge is 0.394 e. The summed E-state index contributed by atoms with van der Waals surface area (Å²) in [5.41, 5.74) is 0.751. The highest BCUT2D eigenvalue weighted by molar-refractivity contribution is 6.67. The molecule has 0 aromatic rings. The third-order valence-corrected chi connectivity index (χ3v) is 8.62. The van der Waals surface area contributed by atoms with Gasteiger partial charge in [-0.05, 0) is 38.7 Å². The Balaban J connectivity index is 1.77. The van der Waals surface area contributed by atoms with Crippen molar-refractivity contribution in [3.05, 3.63) is 0 Å². The summed E-state index contributed by atoms with van der Waals surface area (Å²) in [5, 5.41) is 0. The summed E-state index contributed by atoms with van der Waals surface area (Å²) in [4.78, 5) is 0. The predicted molar refractivity (Wildman–Crippen MR) is 78.0 cm³/mol. The third kappa shape index (κ3) is 3.81. The van der Waals surface area contributed by atoms with Crippen LogP contribution in [-0.2, 0) is 8.85 Å². The van der Waals surface area contributed by atoms with Crippen molar-refractivity contribution >= 4 is 8.56 Å². The van der Waals surface area contributed by atoms with Crippen molar-refractivity contribution in [3.63, 3.8) is 0 Å². The predicted octanol–water partition coefficient (Wildman–Crippen LogP) is 4.64. The van der Waals surface area contributed by atoms with Crippen molar-refractivity contribution in [2.45, 2.75) is 76.8 Å². The average molecular weight is 270 g/mol. The normalized spacial score (nSPS) is 25.7. The van der Waals surface area contributed by atoms with Crippen LogP contribution < -0.4 is 0 Å². The lowest BCUT2D eigenvalue weighted by Crippen LogP contribution is -2.43. The second-order valence-electron chi connectivity index (χ2n) is 6.22. The lowest BCUT2D eigenvalue weighted by molar-refractivity contribution is 0.160. The highest BCUT2D eigenvalue weighted by Gasteiger charge is 2.42. The molecule has 0 aromatic heterocycles. The maximum Gasteiger partial charge on any atom is 0.338 e. The van der Waals surface area contributed by atoms with Crippen LogP contribution >= 0.6 is 0 Å². The van der Waals surface area contributed by atoms with E-state index in [0.717, 1.165) is 24.7 Å². The van der Waals surface area contributed by atoms with Crippen LogP contribution in [0.5, 0.6) is 0 Å². The lowest BCUT2D eigenvalue weighted by Gasteiger charge is -2.32. The smallest absolute Gasteiger partial charge is 0.338 e. The van der Waals surface area contributed by atoms with Gasteiger partial charge in [0.15, 0.2) is 0 Å². The van der Waals surface area contributed by atoms with E-state index in [1.807, 2.05) is 0 Å². The first-order chi connectivity index (χ1) is 8.74. The minimum atomic E-state index is -1.89. The van der Waals surface area contributed by atoms with Crippen molar-refractivity contribution in [3.8, 4) is 0 Å². The molecule has 2 nitrogen and oxygen atoms in total. The molecule has 2 aliphatic carbocycles. The van der Waals surface area contributed by atoms with E-state index in [1.165, 1.54) is 57.8 Å². The van der Waals surface area contributed by atoms with Gasteiger partial charge < -0.3 is 8.85 Å². The molecule has 2 rings (SSSR count). The maximum atomic E-state index is 6.33. The molecule has 0 radical (unpaired) electrons. The number of hydrogen-bond acceptors (Lipinski definition) is 2. The van der Waals surface area contributed by atoms with Crippen molar-refractivity contribution < 1.29 is 8.85 Å². The second kappa shape index (κ2) is 7.06. The van der Waals surface area contributed by atoms with E-state index in [2.05, 4.69) is 13.5 Å². The topological polar surface area (TPSA) is 18.5 Å². The first kappa shape index (κ1) is 14.5. The summed E-state index contributed by atoms with van der Waals surface area (Å²) in [7, 11) is -1.89. The molecule has 106 valence electrons. The quantitative estimate of drug-likeness (QED) is 0.628. The van der Waals surface area contributed by atoms with Gasteiger partial charge in [-0.15, -0.1) is 0 Å². The van der Waals surface area contributed by atoms with E-state index < -0.39 is 8.56 Å². The van der Waals surface area contributed by atoms with Gasteiger partial charge in [0.2, 0.25) is 0 Å². The van der Waals surface area contributed by atoms with Crippen molar-refractivity contribution in [2.75, 3.05) is 13.2 Å². The molecule has 2 fully saturated rings. The monoisotopic (exact) mass is 270 g/mol. The molecule has 0 bridgehead atoms. The Bertz CT molecular complexity index is 235. The van der Waals surface area contributed by atoms with Crippen molar-refractivity contribution in [2.24, 2.45) is 5.92 Å². The highest BCUT2D eigenvalue weighted by atomic mass is 28.4. The maximum absolute atomic E-state index is 6.33. The Hall–Kier alpha value is 0.137. The summed E-state index contributed by atoms with van der Waals surface area (Å²) in [6.07, 6.45) is 12.4. The minimum Gasteiger partial charge on any atom is -0.394 e. The zero-order valence-corrected chi connectivity index (χ0v) is 13.2. The first-order valence-electron chi connectivity index (χ1n) is 8.02. The molecule has 0 saturated heterocycles. The molecule has 2 saturated carbocycles. The Morgan fingerprint density at radius 3 is 2.17 bits per heavy atom. The molecule has 18 heavy (non-hydrogen) atoms. The molecule has 1 atom stereocenters. The first-order valence-corrected chi connectivity index (χ1v) is 10.4. The molecular formula is C15H30O2Si. The summed E-state index contributed by atoms with van der Waals surface area (Å²) < 4.78 is 12.4. The van der Waals surface area contributed by atoms with Crippen LogP contribution in [0.15, 0.2) is 0 Å². The molecule has 0 heterocycles. The zero-order valence-electron chi connectivity index (χ0n) is 12.2. The van der Waals surface area contributed by atoms with Crippen LogP contribution in [0.3, 0.4) is 0 Å². The summed E-state index contributed by atoms with van der Waals surface area (Å²) in [6.45, 7) is 6.19. The number of rotatable bonds is 7. The van der Waals surface area contributed by atoms with Gasteiger partial charge >= 0.3 is 8.56 Å². The van der Waals surface area contributed by atoms with Crippen molar-refractivity contribution in [1.82, 2.24) is 0 Å². The average Bonchev–Trinajstić information content (AvgIpc) is 3.02. The third-order valence-electron chi connectivity index (χ3n) is 4.92. The summed E-state index contributed by atoms with van der Waals surface area (Å²) in [5.74, 6) is 0.938. The van der Waals surface area contributed by atoms with Crippen LogP contribution in [0, 0.1) is 5.92 Å². The molecule has 2 aliphatic rings. The minimum absolute atomic E-state index is 0.751. The molecular weight excluding hydrogens is 240 g/mol. The van der Waals surface area contributed by atoms with Gasteiger partial charge in [-0.3, -0.25) is 0 Å². The Kier molecular flexibility index (Phi) is 5.71. The molecule has 0 aliphatic heterocycles. The van der Waals surface area contributed by atoms with E-state index in [0.29, 0.717) is 0 Å². The summed E-state index contributed by atoms with van der Waals surface area (Å²) >= 11 is 0. The standard InChI is InChI=1S/C15H30O2Si/c1-3-16-18(2,15-10-6-7-11-15)17-13-12-14-8-4-5-9-14/h14-15H,3-13H2,1-2H3. The molecule has 0 aromatic carbocycles. The van der Waals surface area contributed by atoms with Gasteiger partial charge in [0.05, 0.1) is 0 Å². The van der Waals surface area contributed by atoms with E-state index in [1.54, 1.807) is 0 Å². The fraction of sp³-hybridized carbons (Fsp3) is 1.00. The highest BCUT2D eigenvalue weighted by Crippen LogP contribution is 2.40. The SMILES string of the molecule is CCO[Si](C)(OCCC1CCCC1)C1CCCC1. The Morgan fingerprint density at radius 2 is 1.56 bits per heavy atom. The molecule has 3 heteroatoms. The molecule has 0 spiro atoms. The number of hydrogen-bond donors (Lipinski definition) is 0. The molecule has 0 amide bonds. The van der Waals surface area contributed by atoms with Crippen molar-refractivity contribution in [1.29, 1.82) is 0 Å². The van der Waals surface area contributed by atoms with E-state index >= 15 is 0 Å². The van der Waals surface area contributed by atoms with Gasteiger partial charge in [-0.25, -0.2) is 0 Å². The zero-order chi connectivity index (χ0) is 12.8. The van der Waals surface area contributed by atoms with Crippen LogP contribution in [0.25, 0.3) is 0 Å².